The van der Waals surface area contributed by atoms with Crippen LogP contribution in [0.25, 0.3) is 11.3 Å². The Hall–Kier alpha value is -1.61. The monoisotopic (exact) mass is 261 g/mol. The molecular formula is C16H20FNO. The zero-order chi connectivity index (χ0) is 13.7. The molecule has 0 atom stereocenters. The highest BCUT2D eigenvalue weighted by atomic mass is 19.1. The van der Waals surface area contributed by atoms with E-state index in [1.807, 2.05) is 18.2 Å². The molecule has 2 aromatic rings. The summed E-state index contributed by atoms with van der Waals surface area (Å²) >= 11 is 0. The lowest BCUT2D eigenvalue weighted by Crippen LogP contribution is -2.15. The Morgan fingerprint density at radius 3 is 2.68 bits per heavy atom. The van der Waals surface area contributed by atoms with Crippen molar-refractivity contribution in [2.45, 2.75) is 26.8 Å². The van der Waals surface area contributed by atoms with Crippen LogP contribution in [0.15, 0.2) is 40.8 Å². The van der Waals surface area contributed by atoms with Crippen molar-refractivity contribution in [3.63, 3.8) is 0 Å². The first kappa shape index (κ1) is 13.8. The van der Waals surface area contributed by atoms with Crippen molar-refractivity contribution >= 4 is 0 Å². The van der Waals surface area contributed by atoms with E-state index in [0.29, 0.717) is 23.8 Å². The van der Waals surface area contributed by atoms with E-state index in [0.717, 1.165) is 18.7 Å². The highest BCUT2D eigenvalue weighted by Crippen LogP contribution is 2.24. The molecule has 0 aliphatic carbocycles. The molecule has 0 bridgehead atoms. The summed E-state index contributed by atoms with van der Waals surface area (Å²) in [6.45, 7) is 6.05. The van der Waals surface area contributed by atoms with Gasteiger partial charge in [-0.25, -0.2) is 4.39 Å². The van der Waals surface area contributed by atoms with Gasteiger partial charge in [0.05, 0.1) is 12.1 Å². The molecule has 1 aromatic heterocycles. The molecule has 0 unspecified atom stereocenters. The first-order chi connectivity index (χ1) is 9.16. The van der Waals surface area contributed by atoms with E-state index in [1.54, 1.807) is 12.1 Å². The van der Waals surface area contributed by atoms with Crippen molar-refractivity contribution in [2.75, 3.05) is 6.54 Å². The third-order valence-corrected chi connectivity index (χ3v) is 3.00. The average Bonchev–Trinajstić information content (AvgIpc) is 2.83. The highest BCUT2D eigenvalue weighted by Gasteiger charge is 2.08. The Morgan fingerprint density at radius 2 is 1.95 bits per heavy atom. The van der Waals surface area contributed by atoms with Crippen molar-refractivity contribution < 1.29 is 8.81 Å². The highest BCUT2D eigenvalue weighted by molar-refractivity contribution is 5.58. The van der Waals surface area contributed by atoms with Crippen molar-refractivity contribution in [1.29, 1.82) is 0 Å². The number of furan rings is 1. The third-order valence-electron chi connectivity index (χ3n) is 3.00. The van der Waals surface area contributed by atoms with Crippen LogP contribution in [-0.4, -0.2) is 6.54 Å². The predicted octanol–water partition coefficient (Wildman–Crippen LogP) is 4.22. The van der Waals surface area contributed by atoms with E-state index in [4.69, 9.17) is 4.42 Å². The first-order valence-electron chi connectivity index (χ1n) is 6.71. The molecule has 1 heterocycles. The zero-order valence-electron chi connectivity index (χ0n) is 11.4. The van der Waals surface area contributed by atoms with Gasteiger partial charge < -0.3 is 9.73 Å². The fourth-order valence-corrected chi connectivity index (χ4v) is 1.88. The third kappa shape index (κ3) is 3.93. The Kier molecular flexibility index (Phi) is 4.74. The second kappa shape index (κ2) is 6.53. The maximum atomic E-state index is 13.6. The van der Waals surface area contributed by atoms with E-state index in [9.17, 15) is 4.39 Å². The molecule has 0 saturated heterocycles. The number of hydrogen-bond acceptors (Lipinski definition) is 2. The summed E-state index contributed by atoms with van der Waals surface area (Å²) < 4.78 is 19.3. The molecule has 0 saturated carbocycles. The molecule has 0 aliphatic rings. The van der Waals surface area contributed by atoms with Crippen molar-refractivity contribution in [3.05, 3.63) is 48.0 Å². The first-order valence-corrected chi connectivity index (χ1v) is 6.71. The lowest BCUT2D eigenvalue weighted by atomic mass is 10.1. The van der Waals surface area contributed by atoms with E-state index in [-0.39, 0.29) is 5.82 Å². The van der Waals surface area contributed by atoms with Gasteiger partial charge in [0.1, 0.15) is 17.3 Å². The topological polar surface area (TPSA) is 25.2 Å². The fraction of sp³-hybridized carbons (Fsp3) is 0.375. The summed E-state index contributed by atoms with van der Waals surface area (Å²) in [4.78, 5) is 0. The zero-order valence-corrected chi connectivity index (χ0v) is 11.4. The van der Waals surface area contributed by atoms with Crippen LogP contribution < -0.4 is 5.32 Å². The largest absolute Gasteiger partial charge is 0.460 e. The van der Waals surface area contributed by atoms with Crippen molar-refractivity contribution in [1.82, 2.24) is 5.32 Å². The van der Waals surface area contributed by atoms with Crippen LogP contribution in [0, 0.1) is 11.7 Å². The number of benzene rings is 1. The maximum absolute atomic E-state index is 13.6. The molecular weight excluding hydrogens is 241 g/mol. The average molecular weight is 261 g/mol. The minimum absolute atomic E-state index is 0.254. The molecule has 102 valence electrons. The second-order valence-electron chi connectivity index (χ2n) is 5.11. The van der Waals surface area contributed by atoms with Crippen molar-refractivity contribution in [2.24, 2.45) is 5.92 Å². The van der Waals surface area contributed by atoms with E-state index >= 15 is 0 Å². The van der Waals surface area contributed by atoms with Crippen LogP contribution in [0.4, 0.5) is 4.39 Å². The van der Waals surface area contributed by atoms with Crippen LogP contribution in [-0.2, 0) is 6.54 Å². The normalized spacial score (nSPS) is 11.2. The minimum Gasteiger partial charge on any atom is -0.460 e. The quantitative estimate of drug-likeness (QED) is 0.787. The molecule has 0 spiro atoms. The van der Waals surface area contributed by atoms with E-state index in [1.165, 1.54) is 6.07 Å². The fourth-order valence-electron chi connectivity index (χ4n) is 1.88. The number of nitrogens with one attached hydrogen (secondary N) is 1. The van der Waals surface area contributed by atoms with Crippen molar-refractivity contribution in [3.8, 4) is 11.3 Å². The summed E-state index contributed by atoms with van der Waals surface area (Å²) in [7, 11) is 0. The molecule has 0 fully saturated rings. The smallest absolute Gasteiger partial charge is 0.137 e. The van der Waals surface area contributed by atoms with Crippen LogP contribution in [0.3, 0.4) is 0 Å². The molecule has 0 amide bonds. The maximum Gasteiger partial charge on any atom is 0.137 e. The Labute approximate surface area is 113 Å². The predicted molar refractivity (Wildman–Crippen MR) is 75.3 cm³/mol. The lowest BCUT2D eigenvalue weighted by Gasteiger charge is -2.05. The molecule has 1 N–H and O–H groups in total. The SMILES string of the molecule is CC(C)CCNCc1ccc(-c2ccccc2F)o1. The minimum atomic E-state index is -0.254. The van der Waals surface area contributed by atoms with Crippen LogP contribution in [0.5, 0.6) is 0 Å². The van der Waals surface area contributed by atoms with Gasteiger partial charge in [-0.2, -0.15) is 0 Å². The summed E-state index contributed by atoms with van der Waals surface area (Å²) in [5.74, 6) is 1.86. The second-order valence-corrected chi connectivity index (χ2v) is 5.11. The summed E-state index contributed by atoms with van der Waals surface area (Å²) in [5.41, 5.74) is 0.510. The Morgan fingerprint density at radius 1 is 1.16 bits per heavy atom. The van der Waals surface area contributed by atoms with Gasteiger partial charge in [0.2, 0.25) is 0 Å². The molecule has 0 aliphatic heterocycles. The van der Waals surface area contributed by atoms with Gasteiger partial charge in [0.25, 0.3) is 0 Å². The van der Waals surface area contributed by atoms with Crippen LogP contribution in [0.2, 0.25) is 0 Å². The standard InChI is InChI=1S/C16H20FNO/c1-12(2)9-10-18-11-13-7-8-16(19-13)14-5-3-4-6-15(14)17/h3-8,12,18H,9-11H2,1-2H3. The van der Waals surface area contributed by atoms with E-state index < -0.39 is 0 Å². The number of halogens is 1. The molecule has 1 aromatic carbocycles. The number of rotatable bonds is 6. The van der Waals surface area contributed by atoms with Gasteiger partial charge in [-0.3, -0.25) is 0 Å². The summed E-state index contributed by atoms with van der Waals surface area (Å²) in [5, 5.41) is 3.32. The van der Waals surface area contributed by atoms with Crippen LogP contribution in [0.1, 0.15) is 26.0 Å². The summed E-state index contributed by atoms with van der Waals surface area (Å²) in [6.07, 6.45) is 1.14. The van der Waals surface area contributed by atoms with Gasteiger partial charge in [-0.05, 0) is 43.1 Å². The van der Waals surface area contributed by atoms with Gasteiger partial charge in [-0.15, -0.1) is 0 Å². The van der Waals surface area contributed by atoms with E-state index in [2.05, 4.69) is 19.2 Å². The molecule has 2 nitrogen and oxygen atoms in total. The molecule has 2 rings (SSSR count). The van der Waals surface area contributed by atoms with Gasteiger partial charge in [0, 0.05) is 0 Å². The lowest BCUT2D eigenvalue weighted by molar-refractivity contribution is 0.472. The molecule has 0 radical (unpaired) electrons. The van der Waals surface area contributed by atoms with Gasteiger partial charge >= 0.3 is 0 Å². The molecule has 3 heteroatoms. The molecule has 19 heavy (non-hydrogen) atoms. The van der Waals surface area contributed by atoms with Crippen LogP contribution >= 0.6 is 0 Å². The van der Waals surface area contributed by atoms with Gasteiger partial charge in [-0.1, -0.05) is 26.0 Å². The summed E-state index contributed by atoms with van der Waals surface area (Å²) in [6, 6.07) is 10.4. The van der Waals surface area contributed by atoms with Gasteiger partial charge in [0.15, 0.2) is 0 Å². The number of hydrogen-bond donors (Lipinski definition) is 1. The Bertz CT molecular complexity index is 519. The Balaban J connectivity index is 1.94.